The van der Waals surface area contributed by atoms with Crippen LogP contribution in [0, 0.1) is 18.3 Å². The third kappa shape index (κ3) is 3.57. The van der Waals surface area contributed by atoms with E-state index >= 15 is 0 Å². The summed E-state index contributed by atoms with van der Waals surface area (Å²) in [7, 11) is 0. The molecule has 1 heterocycles. The van der Waals surface area contributed by atoms with Gasteiger partial charge in [0, 0.05) is 11.8 Å². The van der Waals surface area contributed by atoms with Crippen molar-refractivity contribution in [1.82, 2.24) is 9.78 Å². The summed E-state index contributed by atoms with van der Waals surface area (Å²) in [5.41, 5.74) is 3.09. The van der Waals surface area contributed by atoms with Crippen LogP contribution < -0.4 is 5.43 Å². The zero-order chi connectivity index (χ0) is 15.2. The van der Waals surface area contributed by atoms with Crippen molar-refractivity contribution in [2.75, 3.05) is 0 Å². The SMILES string of the molecule is CCCCc1ccc(-n2nc(CC#N)c(=O)cc2C)cc1. The van der Waals surface area contributed by atoms with Gasteiger partial charge >= 0.3 is 0 Å². The van der Waals surface area contributed by atoms with Crippen molar-refractivity contribution in [3.05, 3.63) is 57.5 Å². The van der Waals surface area contributed by atoms with E-state index in [0.29, 0.717) is 0 Å². The molecule has 2 rings (SSSR count). The van der Waals surface area contributed by atoms with E-state index < -0.39 is 0 Å². The Morgan fingerprint density at radius 1 is 1.29 bits per heavy atom. The lowest BCUT2D eigenvalue weighted by atomic mass is 10.1. The van der Waals surface area contributed by atoms with Crippen molar-refractivity contribution >= 4 is 0 Å². The van der Waals surface area contributed by atoms with E-state index in [9.17, 15) is 4.79 Å². The summed E-state index contributed by atoms with van der Waals surface area (Å²) < 4.78 is 1.72. The van der Waals surface area contributed by atoms with Crippen LogP contribution in [0.4, 0.5) is 0 Å². The molecule has 0 aliphatic carbocycles. The van der Waals surface area contributed by atoms with Crippen LogP contribution >= 0.6 is 0 Å². The number of hydrogen-bond donors (Lipinski definition) is 0. The van der Waals surface area contributed by atoms with Gasteiger partial charge in [0.15, 0.2) is 0 Å². The fourth-order valence-electron chi connectivity index (χ4n) is 2.23. The van der Waals surface area contributed by atoms with E-state index in [2.05, 4.69) is 24.2 Å². The summed E-state index contributed by atoms with van der Waals surface area (Å²) in [6.07, 6.45) is 3.47. The van der Waals surface area contributed by atoms with Crippen molar-refractivity contribution in [2.24, 2.45) is 0 Å². The molecule has 0 unspecified atom stereocenters. The highest BCUT2D eigenvalue weighted by atomic mass is 16.1. The standard InChI is InChI=1S/C17H19N3O/c1-3-4-5-14-6-8-15(9-7-14)20-13(2)12-17(21)16(19-20)10-11-18/h6-9,12H,3-5,10H2,1-2H3. The van der Waals surface area contributed by atoms with Gasteiger partial charge in [-0.2, -0.15) is 10.4 Å². The average Bonchev–Trinajstić information content (AvgIpc) is 2.49. The number of nitrogens with zero attached hydrogens (tertiary/aromatic N) is 3. The maximum atomic E-state index is 11.8. The molecule has 0 bridgehead atoms. The minimum atomic E-state index is -0.176. The molecule has 0 spiro atoms. The van der Waals surface area contributed by atoms with Gasteiger partial charge in [0.1, 0.15) is 5.69 Å². The van der Waals surface area contributed by atoms with Crippen LogP contribution in [-0.2, 0) is 12.8 Å². The number of hydrogen-bond acceptors (Lipinski definition) is 3. The molecule has 0 fully saturated rings. The van der Waals surface area contributed by atoms with Gasteiger partial charge in [-0.3, -0.25) is 4.79 Å². The lowest BCUT2D eigenvalue weighted by Gasteiger charge is -2.11. The highest BCUT2D eigenvalue weighted by molar-refractivity contribution is 5.35. The zero-order valence-corrected chi connectivity index (χ0v) is 12.5. The van der Waals surface area contributed by atoms with Crippen LogP contribution in [0.15, 0.2) is 35.1 Å². The quantitative estimate of drug-likeness (QED) is 0.846. The lowest BCUT2D eigenvalue weighted by Crippen LogP contribution is -2.18. The third-order valence-electron chi connectivity index (χ3n) is 3.43. The van der Waals surface area contributed by atoms with Gasteiger partial charge < -0.3 is 0 Å². The van der Waals surface area contributed by atoms with Gasteiger partial charge in [0.25, 0.3) is 0 Å². The Balaban J connectivity index is 2.35. The second kappa shape index (κ2) is 6.85. The van der Waals surface area contributed by atoms with Crippen molar-refractivity contribution in [3.63, 3.8) is 0 Å². The molecule has 21 heavy (non-hydrogen) atoms. The molecule has 1 aromatic carbocycles. The Labute approximate surface area is 124 Å². The van der Waals surface area contributed by atoms with E-state index in [1.807, 2.05) is 25.1 Å². The van der Waals surface area contributed by atoms with Gasteiger partial charge in [-0.25, -0.2) is 4.68 Å². The van der Waals surface area contributed by atoms with E-state index in [1.165, 1.54) is 24.5 Å². The smallest absolute Gasteiger partial charge is 0.204 e. The van der Waals surface area contributed by atoms with Crippen molar-refractivity contribution in [1.29, 1.82) is 5.26 Å². The first-order valence-corrected chi connectivity index (χ1v) is 7.22. The second-order valence-corrected chi connectivity index (χ2v) is 5.11. The molecule has 0 amide bonds. The Kier molecular flexibility index (Phi) is 4.89. The first-order valence-electron chi connectivity index (χ1n) is 7.22. The van der Waals surface area contributed by atoms with E-state index in [0.717, 1.165) is 17.8 Å². The molecule has 0 aliphatic heterocycles. The minimum absolute atomic E-state index is 0.0354. The fraction of sp³-hybridized carbons (Fsp3) is 0.353. The molecule has 0 N–H and O–H groups in total. The van der Waals surface area contributed by atoms with Crippen LogP contribution in [0.2, 0.25) is 0 Å². The van der Waals surface area contributed by atoms with Crippen LogP contribution in [0.5, 0.6) is 0 Å². The van der Waals surface area contributed by atoms with E-state index in [-0.39, 0.29) is 17.5 Å². The average molecular weight is 281 g/mol. The summed E-state index contributed by atoms with van der Waals surface area (Å²) >= 11 is 0. The Morgan fingerprint density at radius 2 is 2.00 bits per heavy atom. The molecule has 108 valence electrons. The highest BCUT2D eigenvalue weighted by Gasteiger charge is 2.07. The minimum Gasteiger partial charge on any atom is -0.288 e. The first-order chi connectivity index (χ1) is 10.2. The maximum absolute atomic E-state index is 11.8. The number of benzene rings is 1. The largest absolute Gasteiger partial charge is 0.288 e. The van der Waals surface area contributed by atoms with Gasteiger partial charge in [0.05, 0.1) is 18.2 Å². The predicted molar refractivity (Wildman–Crippen MR) is 82.5 cm³/mol. The highest BCUT2D eigenvalue weighted by Crippen LogP contribution is 2.12. The Bertz CT molecular complexity index is 708. The number of nitriles is 1. The number of aryl methyl sites for hydroxylation is 2. The molecule has 4 heteroatoms. The normalized spacial score (nSPS) is 10.3. The van der Waals surface area contributed by atoms with Crippen molar-refractivity contribution in [2.45, 2.75) is 39.5 Å². The number of unbranched alkanes of at least 4 members (excludes halogenated alkanes) is 1. The summed E-state index contributed by atoms with van der Waals surface area (Å²) in [6.45, 7) is 4.02. The maximum Gasteiger partial charge on any atom is 0.204 e. The third-order valence-corrected chi connectivity index (χ3v) is 3.43. The molecule has 0 atom stereocenters. The molecule has 4 nitrogen and oxygen atoms in total. The number of aromatic nitrogens is 2. The monoisotopic (exact) mass is 281 g/mol. The van der Waals surface area contributed by atoms with Crippen molar-refractivity contribution < 1.29 is 0 Å². The molecular formula is C17H19N3O. The second-order valence-electron chi connectivity index (χ2n) is 5.11. The molecule has 1 aromatic heterocycles. The van der Waals surface area contributed by atoms with Crippen LogP contribution in [0.25, 0.3) is 5.69 Å². The summed E-state index contributed by atoms with van der Waals surface area (Å²) in [5.74, 6) is 0. The zero-order valence-electron chi connectivity index (χ0n) is 12.5. The molecule has 0 saturated heterocycles. The van der Waals surface area contributed by atoms with Gasteiger partial charge in [-0.1, -0.05) is 25.5 Å². The molecular weight excluding hydrogens is 262 g/mol. The first kappa shape index (κ1) is 15.0. The van der Waals surface area contributed by atoms with Gasteiger partial charge in [0.2, 0.25) is 5.43 Å². The van der Waals surface area contributed by atoms with Gasteiger partial charge in [-0.15, -0.1) is 0 Å². The van der Waals surface area contributed by atoms with E-state index in [4.69, 9.17) is 5.26 Å². The molecule has 0 saturated carbocycles. The molecule has 0 radical (unpaired) electrons. The number of rotatable bonds is 5. The Morgan fingerprint density at radius 3 is 2.62 bits per heavy atom. The molecule has 0 aliphatic rings. The van der Waals surface area contributed by atoms with Crippen molar-refractivity contribution in [3.8, 4) is 11.8 Å². The lowest BCUT2D eigenvalue weighted by molar-refractivity contribution is 0.764. The topological polar surface area (TPSA) is 58.7 Å². The summed E-state index contributed by atoms with van der Waals surface area (Å²) in [6, 6.07) is 11.7. The predicted octanol–water partition coefficient (Wildman–Crippen LogP) is 2.95. The Hall–Kier alpha value is -2.41. The van der Waals surface area contributed by atoms with E-state index in [1.54, 1.807) is 4.68 Å². The van der Waals surface area contributed by atoms with Crippen LogP contribution in [-0.4, -0.2) is 9.78 Å². The van der Waals surface area contributed by atoms with Crippen LogP contribution in [0.1, 0.15) is 36.7 Å². The molecule has 2 aromatic rings. The van der Waals surface area contributed by atoms with Crippen LogP contribution in [0.3, 0.4) is 0 Å². The van der Waals surface area contributed by atoms with Gasteiger partial charge in [-0.05, 0) is 37.5 Å². The fourth-order valence-corrected chi connectivity index (χ4v) is 2.23. The summed E-state index contributed by atoms with van der Waals surface area (Å²) in [5, 5.41) is 13.1. The summed E-state index contributed by atoms with van der Waals surface area (Å²) in [4.78, 5) is 11.8.